The number of nitrogens with zero attached hydrogens (tertiary/aromatic N) is 2. The molecule has 132 valence electrons. The fraction of sp³-hybridized carbons (Fsp3) is 0.150. The maximum Gasteiger partial charge on any atom is 0.229 e. The van der Waals surface area contributed by atoms with Gasteiger partial charge in [0.15, 0.2) is 5.78 Å². The number of aryl methyl sites for hydroxylation is 1. The highest BCUT2D eigenvalue weighted by atomic mass is 35.5. The molecule has 3 aromatic rings. The average Bonchev–Trinajstić information content (AvgIpc) is 2.61. The summed E-state index contributed by atoms with van der Waals surface area (Å²) in [6.45, 7) is 4.01. The van der Waals surface area contributed by atoms with Crippen molar-refractivity contribution in [2.24, 2.45) is 0 Å². The molecule has 5 nitrogen and oxygen atoms in total. The molecule has 1 heterocycles. The molecule has 0 aliphatic heterocycles. The Hall–Kier alpha value is -2.92. The molecule has 0 radical (unpaired) electrons. The average molecular weight is 367 g/mol. The lowest BCUT2D eigenvalue weighted by Crippen LogP contribution is -2.06. The summed E-state index contributed by atoms with van der Waals surface area (Å²) in [6.07, 6.45) is 0. The number of ketones is 1. The standard InChI is InChI=1S/C20H19ClN4O/c1-13-10-19(22-12-16-6-3-4-9-18(16)21)25-20(23-13)24-17-8-5-7-15(11-17)14(2)26/h3-11H,12H2,1-2H3,(H2,22,23,24,25). The van der Waals surface area contributed by atoms with Crippen molar-refractivity contribution < 1.29 is 4.79 Å². The van der Waals surface area contributed by atoms with Gasteiger partial charge >= 0.3 is 0 Å². The van der Waals surface area contributed by atoms with Crippen molar-refractivity contribution in [2.75, 3.05) is 10.6 Å². The molecular weight excluding hydrogens is 348 g/mol. The first-order chi connectivity index (χ1) is 12.5. The fourth-order valence-corrected chi connectivity index (χ4v) is 2.69. The van der Waals surface area contributed by atoms with Crippen molar-refractivity contribution in [3.63, 3.8) is 0 Å². The second-order valence-electron chi connectivity index (χ2n) is 5.93. The summed E-state index contributed by atoms with van der Waals surface area (Å²) >= 11 is 6.19. The molecule has 6 heteroatoms. The molecule has 0 atom stereocenters. The second kappa shape index (κ2) is 7.97. The Kier molecular flexibility index (Phi) is 5.49. The van der Waals surface area contributed by atoms with Gasteiger partial charge in [-0.15, -0.1) is 0 Å². The summed E-state index contributed by atoms with van der Waals surface area (Å²) in [4.78, 5) is 20.4. The molecule has 0 saturated heterocycles. The number of benzene rings is 2. The summed E-state index contributed by atoms with van der Waals surface area (Å²) in [5, 5.41) is 7.13. The SMILES string of the molecule is CC(=O)c1cccc(Nc2nc(C)cc(NCc3ccccc3Cl)n2)c1. The molecule has 0 aliphatic carbocycles. The molecular formula is C20H19ClN4O. The quantitative estimate of drug-likeness (QED) is 0.601. The molecule has 26 heavy (non-hydrogen) atoms. The van der Waals surface area contributed by atoms with Crippen LogP contribution in [0.1, 0.15) is 28.5 Å². The van der Waals surface area contributed by atoms with E-state index in [2.05, 4.69) is 20.6 Å². The lowest BCUT2D eigenvalue weighted by Gasteiger charge is -2.11. The Bertz CT molecular complexity index is 943. The maximum absolute atomic E-state index is 11.5. The van der Waals surface area contributed by atoms with Crippen molar-refractivity contribution in [1.82, 2.24) is 9.97 Å². The molecule has 0 fully saturated rings. The van der Waals surface area contributed by atoms with E-state index in [-0.39, 0.29) is 5.78 Å². The van der Waals surface area contributed by atoms with Gasteiger partial charge in [-0.05, 0) is 37.6 Å². The van der Waals surface area contributed by atoms with E-state index in [4.69, 9.17) is 11.6 Å². The van der Waals surface area contributed by atoms with E-state index >= 15 is 0 Å². The van der Waals surface area contributed by atoms with Gasteiger partial charge in [-0.2, -0.15) is 4.98 Å². The highest BCUT2D eigenvalue weighted by Gasteiger charge is 2.06. The predicted molar refractivity (Wildman–Crippen MR) is 105 cm³/mol. The number of aromatic nitrogens is 2. The van der Waals surface area contributed by atoms with E-state index in [1.807, 2.05) is 49.4 Å². The maximum atomic E-state index is 11.5. The van der Waals surface area contributed by atoms with Crippen LogP contribution in [-0.2, 0) is 6.54 Å². The molecule has 3 rings (SSSR count). The van der Waals surface area contributed by atoms with Gasteiger partial charge in [0.1, 0.15) is 5.82 Å². The Balaban J connectivity index is 1.76. The molecule has 1 aromatic heterocycles. The number of hydrogen-bond acceptors (Lipinski definition) is 5. The van der Waals surface area contributed by atoms with Crippen LogP contribution in [0.15, 0.2) is 54.6 Å². The fourth-order valence-electron chi connectivity index (χ4n) is 2.49. The lowest BCUT2D eigenvalue weighted by atomic mass is 10.1. The van der Waals surface area contributed by atoms with Gasteiger partial charge < -0.3 is 10.6 Å². The van der Waals surface area contributed by atoms with Crippen LogP contribution in [0.4, 0.5) is 17.5 Å². The Labute approximate surface area is 157 Å². The number of carbonyl (C=O) groups is 1. The normalized spacial score (nSPS) is 10.4. The Morgan fingerprint density at radius 1 is 1.08 bits per heavy atom. The van der Waals surface area contributed by atoms with E-state index < -0.39 is 0 Å². The molecule has 2 aromatic carbocycles. The van der Waals surface area contributed by atoms with Gasteiger partial charge in [0.25, 0.3) is 0 Å². The molecule has 2 N–H and O–H groups in total. The van der Waals surface area contributed by atoms with Crippen LogP contribution in [0, 0.1) is 6.92 Å². The van der Waals surface area contributed by atoms with E-state index in [9.17, 15) is 4.79 Å². The van der Waals surface area contributed by atoms with Gasteiger partial charge in [-0.1, -0.05) is 41.9 Å². The van der Waals surface area contributed by atoms with E-state index in [0.717, 1.165) is 16.9 Å². The third-order valence-corrected chi connectivity index (χ3v) is 4.17. The Morgan fingerprint density at radius 2 is 1.88 bits per heavy atom. The van der Waals surface area contributed by atoms with Gasteiger partial charge in [0.05, 0.1) is 0 Å². The topological polar surface area (TPSA) is 66.9 Å². The van der Waals surface area contributed by atoms with Crippen LogP contribution >= 0.6 is 11.6 Å². The van der Waals surface area contributed by atoms with E-state index in [1.54, 1.807) is 19.1 Å². The third kappa shape index (κ3) is 4.58. The smallest absolute Gasteiger partial charge is 0.229 e. The summed E-state index contributed by atoms with van der Waals surface area (Å²) in [5.74, 6) is 1.18. The summed E-state index contributed by atoms with van der Waals surface area (Å²) in [5.41, 5.74) is 3.22. The van der Waals surface area contributed by atoms with Crippen LogP contribution in [0.25, 0.3) is 0 Å². The molecule has 0 aliphatic rings. The number of halogens is 1. The number of carbonyl (C=O) groups excluding carboxylic acids is 1. The summed E-state index contributed by atoms with van der Waals surface area (Å²) in [6, 6.07) is 16.8. The van der Waals surface area contributed by atoms with Gasteiger partial charge in [-0.25, -0.2) is 4.98 Å². The van der Waals surface area contributed by atoms with Gasteiger partial charge in [0, 0.05) is 34.6 Å². The number of rotatable bonds is 6. The van der Waals surface area contributed by atoms with Crippen LogP contribution in [0.2, 0.25) is 5.02 Å². The molecule has 0 saturated carbocycles. The number of hydrogen-bond donors (Lipinski definition) is 2. The first-order valence-corrected chi connectivity index (χ1v) is 8.60. The van der Waals surface area contributed by atoms with E-state index in [0.29, 0.717) is 28.9 Å². The Morgan fingerprint density at radius 3 is 2.65 bits per heavy atom. The first-order valence-electron chi connectivity index (χ1n) is 8.22. The minimum Gasteiger partial charge on any atom is -0.366 e. The molecule has 0 unspecified atom stereocenters. The van der Waals surface area contributed by atoms with Crippen LogP contribution in [-0.4, -0.2) is 15.8 Å². The third-order valence-electron chi connectivity index (χ3n) is 3.80. The molecule has 0 spiro atoms. The van der Waals surface area contributed by atoms with Crippen molar-refractivity contribution in [1.29, 1.82) is 0 Å². The monoisotopic (exact) mass is 366 g/mol. The number of Topliss-reactive ketones (excluding diaryl/α,β-unsaturated/α-hetero) is 1. The second-order valence-corrected chi connectivity index (χ2v) is 6.33. The van der Waals surface area contributed by atoms with Gasteiger partial charge in [-0.3, -0.25) is 4.79 Å². The largest absolute Gasteiger partial charge is 0.366 e. The highest BCUT2D eigenvalue weighted by Crippen LogP contribution is 2.19. The molecule has 0 bridgehead atoms. The number of nitrogens with one attached hydrogen (secondary N) is 2. The van der Waals surface area contributed by atoms with Crippen LogP contribution in [0.3, 0.4) is 0 Å². The van der Waals surface area contributed by atoms with E-state index in [1.165, 1.54) is 0 Å². The van der Waals surface area contributed by atoms with Crippen molar-refractivity contribution in [3.05, 3.63) is 76.4 Å². The first kappa shape index (κ1) is 17.9. The predicted octanol–water partition coefficient (Wildman–Crippen LogP) is 5.00. The van der Waals surface area contributed by atoms with Gasteiger partial charge in [0.2, 0.25) is 5.95 Å². The zero-order valence-electron chi connectivity index (χ0n) is 14.6. The van der Waals surface area contributed by atoms with Crippen LogP contribution < -0.4 is 10.6 Å². The minimum absolute atomic E-state index is 0.0147. The zero-order chi connectivity index (χ0) is 18.5. The zero-order valence-corrected chi connectivity index (χ0v) is 15.3. The minimum atomic E-state index is 0.0147. The summed E-state index contributed by atoms with van der Waals surface area (Å²) < 4.78 is 0. The molecule has 0 amide bonds. The van der Waals surface area contributed by atoms with Crippen molar-refractivity contribution >= 4 is 34.8 Å². The summed E-state index contributed by atoms with van der Waals surface area (Å²) in [7, 11) is 0. The number of anilines is 3. The highest BCUT2D eigenvalue weighted by molar-refractivity contribution is 6.31. The van der Waals surface area contributed by atoms with Crippen molar-refractivity contribution in [3.8, 4) is 0 Å². The van der Waals surface area contributed by atoms with Crippen LogP contribution in [0.5, 0.6) is 0 Å². The lowest BCUT2D eigenvalue weighted by molar-refractivity contribution is 0.101. The van der Waals surface area contributed by atoms with Crippen molar-refractivity contribution in [2.45, 2.75) is 20.4 Å².